The van der Waals surface area contributed by atoms with E-state index in [1.165, 1.54) is 0 Å². The molecule has 5 heteroatoms. The Morgan fingerprint density at radius 3 is 2.50 bits per heavy atom. The minimum atomic E-state index is 0.573. The van der Waals surface area contributed by atoms with Crippen LogP contribution in [0.1, 0.15) is 22.6 Å². The van der Waals surface area contributed by atoms with Crippen molar-refractivity contribution < 1.29 is 0 Å². The maximum Gasteiger partial charge on any atom is 0.103 e. The third kappa shape index (κ3) is 2.18. The molecule has 0 spiro atoms. The molecule has 2 aromatic heterocycles. The van der Waals surface area contributed by atoms with Crippen LogP contribution in [0, 0.1) is 32.1 Å². The first kappa shape index (κ1) is 12.1. The van der Waals surface area contributed by atoms with E-state index in [0.717, 1.165) is 28.5 Å². The van der Waals surface area contributed by atoms with Crippen LogP contribution in [0.2, 0.25) is 0 Å². The smallest absolute Gasteiger partial charge is 0.103 e. The lowest BCUT2D eigenvalue weighted by molar-refractivity contribution is 0.756. The van der Waals surface area contributed by atoms with E-state index >= 15 is 0 Å². The maximum atomic E-state index is 9.19. The first-order valence-electron chi connectivity index (χ1n) is 5.67. The number of hydrogen-bond donors (Lipinski definition) is 1. The Labute approximate surface area is 106 Å². The van der Waals surface area contributed by atoms with Gasteiger partial charge in [-0.3, -0.25) is 9.67 Å². The molecule has 0 aliphatic carbocycles. The van der Waals surface area contributed by atoms with Crippen LogP contribution in [-0.4, -0.2) is 14.8 Å². The van der Waals surface area contributed by atoms with Gasteiger partial charge in [-0.05, 0) is 26.8 Å². The molecule has 0 radical (unpaired) electrons. The van der Waals surface area contributed by atoms with Crippen LogP contribution in [0.5, 0.6) is 0 Å². The summed E-state index contributed by atoms with van der Waals surface area (Å²) in [7, 11) is 1.87. The molecule has 0 aliphatic rings. The molecular formula is C13H15N5. The highest BCUT2D eigenvalue weighted by atomic mass is 15.3. The lowest BCUT2D eigenvalue weighted by atomic mass is 10.1. The van der Waals surface area contributed by atoms with Crippen molar-refractivity contribution in [2.24, 2.45) is 7.05 Å². The number of pyridine rings is 1. The van der Waals surface area contributed by atoms with Gasteiger partial charge in [0.1, 0.15) is 6.07 Å². The van der Waals surface area contributed by atoms with Gasteiger partial charge in [-0.1, -0.05) is 0 Å². The van der Waals surface area contributed by atoms with E-state index in [9.17, 15) is 5.26 Å². The van der Waals surface area contributed by atoms with Crippen molar-refractivity contribution in [3.63, 3.8) is 0 Å². The average molecular weight is 241 g/mol. The summed E-state index contributed by atoms with van der Waals surface area (Å²) < 4.78 is 1.74. The number of aromatic nitrogens is 3. The first-order chi connectivity index (χ1) is 8.51. The third-order valence-electron chi connectivity index (χ3n) is 2.72. The van der Waals surface area contributed by atoms with E-state index in [1.54, 1.807) is 4.68 Å². The molecule has 0 saturated heterocycles. The summed E-state index contributed by atoms with van der Waals surface area (Å²) in [6.45, 7) is 5.68. The van der Waals surface area contributed by atoms with Gasteiger partial charge in [-0.15, -0.1) is 0 Å². The number of nitrogens with one attached hydrogen (secondary N) is 1. The van der Waals surface area contributed by atoms with E-state index in [2.05, 4.69) is 21.5 Å². The molecule has 1 N–H and O–H groups in total. The Morgan fingerprint density at radius 1 is 1.22 bits per heavy atom. The van der Waals surface area contributed by atoms with Gasteiger partial charge in [0.15, 0.2) is 0 Å². The van der Waals surface area contributed by atoms with Crippen molar-refractivity contribution >= 4 is 11.4 Å². The highest BCUT2D eigenvalue weighted by Gasteiger charge is 2.10. The Kier molecular flexibility index (Phi) is 3.02. The van der Waals surface area contributed by atoms with Crippen LogP contribution in [0.3, 0.4) is 0 Å². The molecular weight excluding hydrogens is 226 g/mol. The van der Waals surface area contributed by atoms with Gasteiger partial charge in [0.2, 0.25) is 0 Å². The molecule has 0 fully saturated rings. The van der Waals surface area contributed by atoms with Crippen LogP contribution in [0.15, 0.2) is 12.3 Å². The van der Waals surface area contributed by atoms with Crippen molar-refractivity contribution in [3.8, 4) is 6.07 Å². The molecule has 0 atom stereocenters. The average Bonchev–Trinajstić information content (AvgIpc) is 2.57. The second-order valence-electron chi connectivity index (χ2n) is 4.31. The van der Waals surface area contributed by atoms with Gasteiger partial charge < -0.3 is 5.32 Å². The molecule has 2 aromatic rings. The highest BCUT2D eigenvalue weighted by molar-refractivity contribution is 5.68. The number of hydrogen-bond acceptors (Lipinski definition) is 4. The summed E-state index contributed by atoms with van der Waals surface area (Å²) in [6, 6.07) is 4.06. The molecule has 0 aliphatic heterocycles. The van der Waals surface area contributed by atoms with E-state index in [4.69, 9.17) is 0 Å². The van der Waals surface area contributed by atoms with Gasteiger partial charge in [-0.25, -0.2) is 0 Å². The van der Waals surface area contributed by atoms with Crippen LogP contribution in [0.25, 0.3) is 0 Å². The zero-order chi connectivity index (χ0) is 13.3. The van der Waals surface area contributed by atoms with Gasteiger partial charge in [-0.2, -0.15) is 10.4 Å². The molecule has 0 aromatic carbocycles. The lowest BCUT2D eigenvalue weighted by Gasteiger charge is -2.09. The summed E-state index contributed by atoms with van der Waals surface area (Å²) in [4.78, 5) is 4.29. The fourth-order valence-corrected chi connectivity index (χ4v) is 1.94. The summed E-state index contributed by atoms with van der Waals surface area (Å²) >= 11 is 0. The summed E-state index contributed by atoms with van der Waals surface area (Å²) in [6.07, 6.45) is 1.89. The van der Waals surface area contributed by atoms with E-state index in [-0.39, 0.29) is 0 Å². The van der Waals surface area contributed by atoms with E-state index in [0.29, 0.717) is 5.56 Å². The minimum absolute atomic E-state index is 0.573. The number of aryl methyl sites for hydroxylation is 4. The quantitative estimate of drug-likeness (QED) is 0.876. The molecule has 0 bridgehead atoms. The molecule has 2 heterocycles. The van der Waals surface area contributed by atoms with Crippen molar-refractivity contribution in [2.75, 3.05) is 5.32 Å². The van der Waals surface area contributed by atoms with Crippen LogP contribution in [0.4, 0.5) is 11.4 Å². The Morgan fingerprint density at radius 2 is 1.94 bits per heavy atom. The largest absolute Gasteiger partial charge is 0.352 e. The predicted octanol–water partition coefficient (Wildman–Crippen LogP) is 2.36. The number of rotatable bonds is 2. The fraction of sp³-hybridized carbons (Fsp3) is 0.308. The fourth-order valence-electron chi connectivity index (χ4n) is 1.94. The summed E-state index contributed by atoms with van der Waals surface area (Å²) in [5.41, 5.74) is 4.77. The van der Waals surface area contributed by atoms with Crippen LogP contribution < -0.4 is 5.32 Å². The molecule has 0 unspecified atom stereocenters. The topological polar surface area (TPSA) is 66.5 Å². The minimum Gasteiger partial charge on any atom is -0.352 e. The molecule has 0 saturated carbocycles. The zero-order valence-electron chi connectivity index (χ0n) is 10.9. The van der Waals surface area contributed by atoms with Crippen molar-refractivity contribution in [2.45, 2.75) is 20.8 Å². The summed E-state index contributed by atoms with van der Waals surface area (Å²) in [5, 5.41) is 16.7. The van der Waals surface area contributed by atoms with Gasteiger partial charge in [0, 0.05) is 18.9 Å². The Balaban J connectivity index is 2.46. The van der Waals surface area contributed by atoms with E-state index < -0.39 is 0 Å². The Hall–Kier alpha value is -2.35. The van der Waals surface area contributed by atoms with Crippen LogP contribution >= 0.6 is 0 Å². The van der Waals surface area contributed by atoms with Gasteiger partial charge >= 0.3 is 0 Å². The molecule has 18 heavy (non-hydrogen) atoms. The highest BCUT2D eigenvalue weighted by Crippen LogP contribution is 2.24. The molecule has 92 valence electrons. The third-order valence-corrected chi connectivity index (χ3v) is 2.72. The predicted molar refractivity (Wildman–Crippen MR) is 69.7 cm³/mol. The lowest BCUT2D eigenvalue weighted by Crippen LogP contribution is -1.99. The van der Waals surface area contributed by atoms with Crippen molar-refractivity contribution in [1.82, 2.24) is 14.8 Å². The second-order valence-corrected chi connectivity index (χ2v) is 4.31. The van der Waals surface area contributed by atoms with Gasteiger partial charge in [0.25, 0.3) is 0 Å². The number of nitrogens with zero attached hydrogens (tertiary/aromatic N) is 4. The second kappa shape index (κ2) is 4.49. The van der Waals surface area contributed by atoms with Crippen molar-refractivity contribution in [3.05, 3.63) is 34.9 Å². The number of nitriles is 1. The SMILES string of the molecule is Cc1cc(Nc2cn(C)nc2C)c(C#N)c(C)n1. The van der Waals surface area contributed by atoms with Crippen LogP contribution in [-0.2, 0) is 7.05 Å². The normalized spacial score (nSPS) is 10.2. The first-order valence-corrected chi connectivity index (χ1v) is 5.67. The molecule has 0 amide bonds. The number of anilines is 2. The van der Waals surface area contributed by atoms with E-state index in [1.807, 2.05) is 40.1 Å². The summed E-state index contributed by atoms with van der Waals surface area (Å²) in [5.74, 6) is 0. The zero-order valence-corrected chi connectivity index (χ0v) is 10.9. The standard InChI is InChI=1S/C13H15N5/c1-8-5-12(11(6-14)9(2)15-8)16-13-7-18(4)17-10(13)3/h5,7H,1-4H3,(H,15,16). The Bertz CT molecular complexity index is 634. The molecule has 2 rings (SSSR count). The van der Waals surface area contributed by atoms with Crippen molar-refractivity contribution in [1.29, 1.82) is 5.26 Å². The maximum absolute atomic E-state index is 9.19. The van der Waals surface area contributed by atoms with Gasteiger partial charge in [0.05, 0.1) is 28.3 Å². The monoisotopic (exact) mass is 241 g/mol. The molecule has 5 nitrogen and oxygen atoms in total.